The van der Waals surface area contributed by atoms with Crippen molar-refractivity contribution in [1.29, 1.82) is 0 Å². The summed E-state index contributed by atoms with van der Waals surface area (Å²) in [6.07, 6.45) is 0. The smallest absolute Gasteiger partial charge is 0.274 e. The Bertz CT molecular complexity index is 703. The van der Waals surface area contributed by atoms with E-state index in [1.165, 1.54) is 0 Å². The molecule has 0 unspecified atom stereocenters. The molecule has 0 N–H and O–H groups in total. The summed E-state index contributed by atoms with van der Waals surface area (Å²) in [4.78, 5) is 14.1. The summed E-state index contributed by atoms with van der Waals surface area (Å²) < 4.78 is 5.21. The van der Waals surface area contributed by atoms with Crippen LogP contribution >= 0.6 is 0 Å². The Kier molecular flexibility index (Phi) is 3.01. The second kappa shape index (κ2) is 4.92. The van der Waals surface area contributed by atoms with Gasteiger partial charge in [0, 0.05) is 18.7 Å². The number of carbonyl (C=O) groups is 1. The van der Waals surface area contributed by atoms with Crippen molar-refractivity contribution in [2.24, 2.45) is 5.41 Å². The van der Waals surface area contributed by atoms with Gasteiger partial charge in [-0.25, -0.2) is 0 Å². The molecular weight excluding hydrogens is 277 g/mol. The van der Waals surface area contributed by atoms with Gasteiger partial charge in [-0.3, -0.25) is 4.79 Å². The van der Waals surface area contributed by atoms with Crippen LogP contribution in [0.3, 0.4) is 0 Å². The fourth-order valence-electron chi connectivity index (χ4n) is 2.90. The molecule has 5 nitrogen and oxygen atoms in total. The highest BCUT2D eigenvalue weighted by molar-refractivity contribution is 6.32. The van der Waals surface area contributed by atoms with E-state index in [4.69, 9.17) is 12.6 Å². The fourth-order valence-corrected chi connectivity index (χ4v) is 2.90. The van der Waals surface area contributed by atoms with Crippen LogP contribution in [0.15, 0.2) is 36.4 Å². The van der Waals surface area contributed by atoms with Crippen molar-refractivity contribution in [3.63, 3.8) is 0 Å². The Morgan fingerprint density at radius 1 is 1.09 bits per heavy atom. The van der Waals surface area contributed by atoms with Gasteiger partial charge in [0.15, 0.2) is 5.69 Å². The monoisotopic (exact) mass is 291 g/mol. The zero-order valence-corrected chi connectivity index (χ0v) is 12.0. The standard InChI is InChI=1S/C16H14BN3O2/c17-12-3-1-11(2-4-12)13-5-6-14(19-18-13)15(21)20-7-16(8-20)9-22-10-16/h1-6H,7-10H2. The SMILES string of the molecule is [B]c1ccc(-c2ccc(C(=O)N3CC4(COC4)C3)nn2)cc1. The highest BCUT2D eigenvalue weighted by Gasteiger charge is 2.50. The number of rotatable bonds is 2. The molecule has 108 valence electrons. The van der Waals surface area contributed by atoms with Gasteiger partial charge >= 0.3 is 0 Å². The number of benzene rings is 1. The third-order valence-corrected chi connectivity index (χ3v) is 4.25. The summed E-state index contributed by atoms with van der Waals surface area (Å²) in [7, 11) is 5.67. The van der Waals surface area contributed by atoms with Crippen molar-refractivity contribution in [2.75, 3.05) is 26.3 Å². The lowest BCUT2D eigenvalue weighted by molar-refractivity contribution is -0.176. The van der Waals surface area contributed by atoms with Gasteiger partial charge in [0.25, 0.3) is 5.91 Å². The third kappa shape index (κ3) is 2.20. The molecule has 3 heterocycles. The van der Waals surface area contributed by atoms with Gasteiger partial charge in [0.2, 0.25) is 0 Å². The van der Waals surface area contributed by atoms with E-state index in [0.717, 1.165) is 37.6 Å². The Balaban J connectivity index is 1.47. The van der Waals surface area contributed by atoms with E-state index >= 15 is 0 Å². The van der Waals surface area contributed by atoms with Gasteiger partial charge in [-0.05, 0) is 12.1 Å². The Hall–Kier alpha value is -2.21. The molecule has 2 aliphatic rings. The van der Waals surface area contributed by atoms with Crippen molar-refractivity contribution in [2.45, 2.75) is 0 Å². The lowest BCUT2D eigenvalue weighted by Gasteiger charge is -2.54. The molecule has 2 saturated heterocycles. The van der Waals surface area contributed by atoms with Crippen LogP contribution in [0, 0.1) is 5.41 Å². The molecule has 2 fully saturated rings. The van der Waals surface area contributed by atoms with E-state index in [1.807, 2.05) is 30.3 Å². The first-order valence-electron chi connectivity index (χ1n) is 7.22. The minimum Gasteiger partial charge on any atom is -0.380 e. The molecule has 0 aliphatic carbocycles. The van der Waals surface area contributed by atoms with Crippen molar-refractivity contribution in [3.05, 3.63) is 42.1 Å². The van der Waals surface area contributed by atoms with E-state index in [9.17, 15) is 4.79 Å². The number of carbonyl (C=O) groups excluding carboxylic acids is 1. The van der Waals surface area contributed by atoms with Crippen LogP contribution in [-0.4, -0.2) is 55.2 Å². The van der Waals surface area contributed by atoms with Crippen molar-refractivity contribution in [1.82, 2.24) is 15.1 Å². The van der Waals surface area contributed by atoms with E-state index in [-0.39, 0.29) is 11.3 Å². The maximum atomic E-state index is 12.3. The molecule has 1 aromatic carbocycles. The number of hydrogen-bond acceptors (Lipinski definition) is 4. The topological polar surface area (TPSA) is 55.3 Å². The number of nitrogens with zero attached hydrogens (tertiary/aromatic N) is 3. The van der Waals surface area contributed by atoms with E-state index in [2.05, 4.69) is 10.2 Å². The molecule has 6 heteroatoms. The molecule has 22 heavy (non-hydrogen) atoms. The van der Waals surface area contributed by atoms with Crippen LogP contribution in [0.25, 0.3) is 11.3 Å². The molecule has 2 aromatic rings. The van der Waals surface area contributed by atoms with Crippen LogP contribution in [0.1, 0.15) is 10.5 Å². The molecule has 1 spiro atoms. The third-order valence-electron chi connectivity index (χ3n) is 4.25. The van der Waals surface area contributed by atoms with Gasteiger partial charge < -0.3 is 9.64 Å². The van der Waals surface area contributed by atoms with Crippen LogP contribution in [0.4, 0.5) is 0 Å². The molecule has 2 radical (unpaired) electrons. The minimum absolute atomic E-state index is 0.0612. The van der Waals surface area contributed by atoms with E-state index < -0.39 is 0 Å². The Morgan fingerprint density at radius 2 is 1.82 bits per heavy atom. The number of likely N-dealkylation sites (tertiary alicyclic amines) is 1. The molecule has 0 atom stereocenters. The van der Waals surface area contributed by atoms with E-state index in [0.29, 0.717) is 11.2 Å². The summed E-state index contributed by atoms with van der Waals surface area (Å²) in [6.45, 7) is 3.04. The van der Waals surface area contributed by atoms with Gasteiger partial charge in [0.05, 0.1) is 24.3 Å². The summed E-state index contributed by atoms with van der Waals surface area (Å²) in [5.41, 5.74) is 2.95. The summed E-state index contributed by atoms with van der Waals surface area (Å²) >= 11 is 0. The summed E-state index contributed by atoms with van der Waals surface area (Å²) in [5, 5.41) is 8.22. The quantitative estimate of drug-likeness (QED) is 0.752. The Morgan fingerprint density at radius 3 is 2.36 bits per heavy atom. The zero-order chi connectivity index (χ0) is 15.2. The van der Waals surface area contributed by atoms with Crippen LogP contribution in [-0.2, 0) is 4.74 Å². The first kappa shape index (κ1) is 13.5. The lowest BCUT2D eigenvalue weighted by atomic mass is 9.78. The molecular formula is C16H14BN3O2. The van der Waals surface area contributed by atoms with Gasteiger partial charge in [-0.15, -0.1) is 10.2 Å². The summed E-state index contributed by atoms with van der Waals surface area (Å²) in [5.74, 6) is -0.0612. The highest BCUT2D eigenvalue weighted by Crippen LogP contribution is 2.37. The van der Waals surface area contributed by atoms with Crippen LogP contribution in [0.5, 0.6) is 0 Å². The Labute approximate surface area is 129 Å². The van der Waals surface area contributed by atoms with Crippen molar-refractivity contribution < 1.29 is 9.53 Å². The molecule has 0 saturated carbocycles. The van der Waals surface area contributed by atoms with Gasteiger partial charge in [-0.2, -0.15) is 0 Å². The van der Waals surface area contributed by atoms with Crippen LogP contribution < -0.4 is 5.46 Å². The zero-order valence-electron chi connectivity index (χ0n) is 12.0. The van der Waals surface area contributed by atoms with Crippen LogP contribution in [0.2, 0.25) is 0 Å². The molecule has 4 rings (SSSR count). The van der Waals surface area contributed by atoms with Gasteiger partial charge in [-0.1, -0.05) is 29.7 Å². The maximum Gasteiger partial charge on any atom is 0.274 e. The first-order valence-corrected chi connectivity index (χ1v) is 7.22. The van der Waals surface area contributed by atoms with Gasteiger partial charge in [0.1, 0.15) is 7.85 Å². The van der Waals surface area contributed by atoms with Crippen molar-refractivity contribution >= 4 is 19.2 Å². The second-order valence-corrected chi connectivity index (χ2v) is 6.08. The average molecular weight is 291 g/mol. The van der Waals surface area contributed by atoms with Crippen molar-refractivity contribution in [3.8, 4) is 11.3 Å². The number of ether oxygens (including phenoxy) is 1. The second-order valence-electron chi connectivity index (χ2n) is 6.08. The molecule has 0 bridgehead atoms. The number of amides is 1. The maximum absolute atomic E-state index is 12.3. The number of aromatic nitrogens is 2. The minimum atomic E-state index is -0.0612. The normalized spacial score (nSPS) is 18.6. The molecule has 1 amide bonds. The van der Waals surface area contributed by atoms with E-state index in [1.54, 1.807) is 11.0 Å². The fraction of sp³-hybridized carbons (Fsp3) is 0.312. The highest BCUT2D eigenvalue weighted by atomic mass is 16.5. The number of hydrogen-bond donors (Lipinski definition) is 0. The largest absolute Gasteiger partial charge is 0.380 e. The predicted molar refractivity (Wildman–Crippen MR) is 82.0 cm³/mol. The molecule has 1 aromatic heterocycles. The lowest BCUT2D eigenvalue weighted by Crippen LogP contribution is -2.67. The molecule has 2 aliphatic heterocycles. The summed E-state index contributed by atoms with van der Waals surface area (Å²) in [6, 6.07) is 10.9. The first-order chi connectivity index (χ1) is 10.7. The average Bonchev–Trinajstić information content (AvgIpc) is 2.45. The predicted octanol–water partition coefficient (Wildman–Crippen LogP) is 0.410.